The van der Waals surface area contributed by atoms with Crippen LogP contribution >= 0.6 is 11.8 Å². The summed E-state index contributed by atoms with van der Waals surface area (Å²) in [6.07, 6.45) is 0.967. The Kier molecular flexibility index (Phi) is 8.93. The number of aliphatic imine (C=N–C) groups is 1. The summed E-state index contributed by atoms with van der Waals surface area (Å²) in [5, 5.41) is 13.5. The molecular weight excluding hydrogens is 494 g/mol. The first-order chi connectivity index (χ1) is 17.9. The predicted octanol–water partition coefficient (Wildman–Crippen LogP) is 0.791. The van der Waals surface area contributed by atoms with Crippen molar-refractivity contribution in [3.8, 4) is 0 Å². The minimum Gasteiger partial charge on any atom is -0.360 e. The molecule has 0 saturated carbocycles. The van der Waals surface area contributed by atoms with Crippen LogP contribution in [0.3, 0.4) is 0 Å². The van der Waals surface area contributed by atoms with Crippen molar-refractivity contribution in [2.24, 2.45) is 4.99 Å². The first-order valence-electron chi connectivity index (χ1n) is 12.4. The number of aromatic nitrogens is 2. The maximum absolute atomic E-state index is 13.6. The fraction of sp³-hybridized carbons (Fsp3) is 0.520. The second-order valence-corrected chi connectivity index (χ2v) is 10.4. The van der Waals surface area contributed by atoms with Gasteiger partial charge in [-0.05, 0) is 32.4 Å². The number of likely N-dealkylation sites (tertiary alicyclic amines) is 1. The largest absolute Gasteiger partial charge is 0.360 e. The Labute approximate surface area is 220 Å². The van der Waals surface area contributed by atoms with Gasteiger partial charge in [0.2, 0.25) is 5.91 Å². The number of rotatable bonds is 10. The van der Waals surface area contributed by atoms with Gasteiger partial charge in [0.15, 0.2) is 11.6 Å². The quantitative estimate of drug-likeness (QED) is 0.460. The highest BCUT2D eigenvalue weighted by Gasteiger charge is 2.49. The number of nitrogens with zero attached hydrogens (tertiary/aromatic N) is 5. The Bertz CT molecular complexity index is 1130. The molecule has 1 aromatic carbocycles. The molecule has 0 radical (unpaired) electrons. The van der Waals surface area contributed by atoms with Crippen LogP contribution in [-0.2, 0) is 26.7 Å². The number of amidine groups is 1. The van der Waals surface area contributed by atoms with Crippen LogP contribution in [0.5, 0.6) is 0 Å². The molecule has 0 bridgehead atoms. The van der Waals surface area contributed by atoms with E-state index in [1.54, 1.807) is 11.8 Å². The molecule has 0 spiro atoms. The number of hydrogen-bond acceptors (Lipinski definition) is 10. The van der Waals surface area contributed by atoms with Crippen LogP contribution in [0.1, 0.15) is 29.8 Å². The molecule has 198 valence electrons. The lowest BCUT2D eigenvalue weighted by molar-refractivity contribution is -0.148. The van der Waals surface area contributed by atoms with Crippen molar-refractivity contribution in [2.75, 3.05) is 45.5 Å². The van der Waals surface area contributed by atoms with Gasteiger partial charge < -0.3 is 20.4 Å². The number of piperidine rings is 1. The molecule has 2 aromatic rings. The number of aryl methyl sites for hydroxylation is 1. The number of nitrogens with one attached hydrogen (secondary N) is 2. The van der Waals surface area contributed by atoms with Gasteiger partial charge in [-0.15, -0.1) is 11.8 Å². The van der Waals surface area contributed by atoms with E-state index in [0.717, 1.165) is 11.3 Å². The van der Waals surface area contributed by atoms with Crippen molar-refractivity contribution in [3.05, 3.63) is 47.3 Å². The van der Waals surface area contributed by atoms with E-state index in [-0.39, 0.29) is 36.5 Å². The first-order valence-corrected chi connectivity index (χ1v) is 13.5. The maximum Gasteiger partial charge on any atom is 0.289 e. The van der Waals surface area contributed by atoms with Crippen LogP contribution in [0, 0.1) is 6.92 Å². The molecule has 2 amide bonds. The fourth-order valence-corrected chi connectivity index (χ4v) is 5.40. The molecule has 2 aliphatic heterocycles. The number of carbonyl (C=O) groups is 3. The molecule has 1 fully saturated rings. The topological polar surface area (TPSA) is 133 Å². The lowest BCUT2D eigenvalue weighted by atomic mass is 9.84. The molecule has 12 heteroatoms. The van der Waals surface area contributed by atoms with Gasteiger partial charge in [0.05, 0.1) is 25.4 Å². The zero-order valence-electron chi connectivity index (χ0n) is 21.2. The number of thioether (sulfide) groups is 1. The minimum absolute atomic E-state index is 0.0529. The van der Waals surface area contributed by atoms with Crippen LogP contribution in [0.4, 0.5) is 0 Å². The number of carbonyl (C=O) groups excluding carboxylic acids is 3. The molecule has 2 aliphatic rings. The van der Waals surface area contributed by atoms with Gasteiger partial charge in [0.25, 0.3) is 5.91 Å². The Morgan fingerprint density at radius 1 is 1.14 bits per heavy atom. The van der Waals surface area contributed by atoms with E-state index in [0.29, 0.717) is 56.2 Å². The van der Waals surface area contributed by atoms with Crippen LogP contribution < -0.4 is 10.6 Å². The van der Waals surface area contributed by atoms with E-state index >= 15 is 0 Å². The second-order valence-electron chi connectivity index (χ2n) is 9.37. The van der Waals surface area contributed by atoms with Crippen LogP contribution in [0.2, 0.25) is 0 Å². The molecule has 4 rings (SSSR count). The van der Waals surface area contributed by atoms with E-state index < -0.39 is 5.54 Å². The third-order valence-corrected chi connectivity index (χ3v) is 7.85. The zero-order valence-corrected chi connectivity index (χ0v) is 22.1. The summed E-state index contributed by atoms with van der Waals surface area (Å²) in [7, 11) is 2.00. The summed E-state index contributed by atoms with van der Waals surface area (Å²) < 4.78 is 4.72. The lowest BCUT2D eigenvalue weighted by Crippen LogP contribution is -2.67. The highest BCUT2D eigenvalue weighted by Crippen LogP contribution is 2.30. The molecule has 1 saturated heterocycles. The molecule has 3 heterocycles. The van der Waals surface area contributed by atoms with Crippen molar-refractivity contribution >= 4 is 35.2 Å². The molecule has 1 aromatic heterocycles. The van der Waals surface area contributed by atoms with Crippen LogP contribution in [0.25, 0.3) is 0 Å². The summed E-state index contributed by atoms with van der Waals surface area (Å²) >= 11 is 1.52. The Morgan fingerprint density at radius 3 is 2.59 bits per heavy atom. The average molecular weight is 528 g/mol. The summed E-state index contributed by atoms with van der Waals surface area (Å²) in [5.41, 5.74) is 1.34. The number of amides is 2. The number of Topliss-reactive ketones (excluding diaryl/α,β-unsaturated/α-hetero) is 1. The SMILES string of the molecule is Cc1nonc1CNC1=NCCN(C2(C(=O)NCC(=O)CSCc3ccccc3)CCN(C)CC2)C1=O. The van der Waals surface area contributed by atoms with E-state index in [2.05, 4.69) is 30.8 Å². The molecular formula is C25H33N7O4S. The standard InChI is InChI=1S/C25H33N7O4S/c1-18-21(30-36-29-18)15-27-22-23(34)32(13-10-26-22)25(8-11-31(2)12-9-25)24(35)28-14-20(33)17-37-16-19-6-4-3-5-7-19/h3-7H,8-17H2,1-2H3,(H,26,27)(H,28,35). The normalized spacial score (nSPS) is 17.8. The van der Waals surface area contributed by atoms with Gasteiger partial charge in [-0.2, -0.15) is 0 Å². The van der Waals surface area contributed by atoms with Crippen molar-refractivity contribution < 1.29 is 19.0 Å². The van der Waals surface area contributed by atoms with E-state index in [1.807, 2.05) is 37.4 Å². The molecule has 0 unspecified atom stereocenters. The van der Waals surface area contributed by atoms with Gasteiger partial charge in [0, 0.05) is 25.4 Å². The Balaban J connectivity index is 1.37. The maximum atomic E-state index is 13.6. The van der Waals surface area contributed by atoms with Crippen molar-refractivity contribution in [1.29, 1.82) is 0 Å². The highest BCUT2D eigenvalue weighted by molar-refractivity contribution is 7.99. The molecule has 2 N–H and O–H groups in total. The second kappa shape index (κ2) is 12.3. The summed E-state index contributed by atoms with van der Waals surface area (Å²) in [6, 6.07) is 9.95. The number of hydrogen-bond donors (Lipinski definition) is 2. The van der Waals surface area contributed by atoms with Gasteiger partial charge in [-0.3, -0.25) is 19.4 Å². The van der Waals surface area contributed by atoms with Gasteiger partial charge in [0.1, 0.15) is 16.9 Å². The summed E-state index contributed by atoms with van der Waals surface area (Å²) in [5.74, 6) is 0.567. The monoisotopic (exact) mass is 527 g/mol. The van der Waals surface area contributed by atoms with Crippen molar-refractivity contribution in [2.45, 2.75) is 37.6 Å². The van der Waals surface area contributed by atoms with Gasteiger partial charge in [-0.25, -0.2) is 4.63 Å². The van der Waals surface area contributed by atoms with E-state index in [1.165, 1.54) is 11.8 Å². The summed E-state index contributed by atoms with van der Waals surface area (Å²) in [4.78, 5) is 47.7. The average Bonchev–Trinajstić information content (AvgIpc) is 3.32. The third kappa shape index (κ3) is 6.55. The van der Waals surface area contributed by atoms with Crippen LogP contribution in [0.15, 0.2) is 40.0 Å². The molecule has 0 atom stereocenters. The molecule has 0 aliphatic carbocycles. The third-order valence-electron chi connectivity index (χ3n) is 6.79. The summed E-state index contributed by atoms with van der Waals surface area (Å²) in [6.45, 7) is 4.01. The smallest absolute Gasteiger partial charge is 0.289 e. The molecule has 37 heavy (non-hydrogen) atoms. The van der Waals surface area contributed by atoms with Gasteiger partial charge >= 0.3 is 0 Å². The first kappa shape index (κ1) is 26.8. The lowest BCUT2D eigenvalue weighted by Gasteiger charge is -2.47. The van der Waals surface area contributed by atoms with Crippen molar-refractivity contribution in [1.82, 2.24) is 30.7 Å². The Morgan fingerprint density at radius 2 is 1.89 bits per heavy atom. The van der Waals surface area contributed by atoms with Crippen molar-refractivity contribution in [3.63, 3.8) is 0 Å². The van der Waals surface area contributed by atoms with Gasteiger partial charge in [-0.1, -0.05) is 40.6 Å². The fourth-order valence-electron chi connectivity index (χ4n) is 4.54. The highest BCUT2D eigenvalue weighted by atomic mass is 32.2. The molecule has 11 nitrogen and oxygen atoms in total. The predicted molar refractivity (Wildman–Crippen MR) is 140 cm³/mol. The Hall–Kier alpha value is -3.25. The number of benzene rings is 1. The number of ketones is 1. The van der Waals surface area contributed by atoms with E-state index in [9.17, 15) is 14.4 Å². The minimum atomic E-state index is -1.03. The zero-order chi connectivity index (χ0) is 26.3. The van der Waals surface area contributed by atoms with E-state index in [4.69, 9.17) is 4.63 Å². The van der Waals surface area contributed by atoms with Crippen LogP contribution in [-0.4, -0.2) is 94.6 Å².